The molecule has 0 bridgehead atoms. The van der Waals surface area contributed by atoms with Crippen LogP contribution in [0.5, 0.6) is 0 Å². The van der Waals surface area contributed by atoms with Gasteiger partial charge in [0.2, 0.25) is 20.0 Å². The summed E-state index contributed by atoms with van der Waals surface area (Å²) in [5.74, 6) is -3.50. The van der Waals surface area contributed by atoms with E-state index in [-0.39, 0.29) is 23.7 Å². The van der Waals surface area contributed by atoms with Crippen molar-refractivity contribution in [3.05, 3.63) is 65.5 Å². The summed E-state index contributed by atoms with van der Waals surface area (Å²) in [6, 6.07) is 11.9. The quantitative estimate of drug-likeness (QED) is 0.467. The molecule has 2 N–H and O–H groups in total. The highest BCUT2D eigenvalue weighted by molar-refractivity contribution is 7.90. The normalized spacial score (nSPS) is 15.2. The van der Waals surface area contributed by atoms with E-state index in [2.05, 4.69) is 5.32 Å². The van der Waals surface area contributed by atoms with Gasteiger partial charge in [0, 0.05) is 39.3 Å². The first-order valence-corrected chi connectivity index (χ1v) is 14.0. The van der Waals surface area contributed by atoms with Crippen LogP contribution < -0.4 is 5.32 Å². The first-order chi connectivity index (χ1) is 17.1. The number of carboxylic acids is 1. The molecule has 1 saturated heterocycles. The van der Waals surface area contributed by atoms with Gasteiger partial charge in [-0.15, -0.1) is 0 Å². The van der Waals surface area contributed by atoms with Crippen LogP contribution in [0.25, 0.3) is 0 Å². The Bertz CT molecular complexity index is 1250. The molecule has 0 radical (unpaired) electrons. The Morgan fingerprint density at radius 3 is 2.00 bits per heavy atom. The summed E-state index contributed by atoms with van der Waals surface area (Å²) in [4.78, 5) is 8.99. The summed E-state index contributed by atoms with van der Waals surface area (Å²) in [6.45, 7) is 3.48. The smallest absolute Gasteiger partial charge is 0.475 e. The lowest BCUT2D eigenvalue weighted by molar-refractivity contribution is -0.192. The van der Waals surface area contributed by atoms with Crippen LogP contribution >= 0.6 is 0 Å². The Kier molecular flexibility index (Phi) is 10.6. The average molecular weight is 570 g/mol. The zero-order valence-electron chi connectivity index (χ0n) is 19.8. The van der Waals surface area contributed by atoms with Crippen LogP contribution in [0.1, 0.15) is 11.1 Å². The van der Waals surface area contributed by atoms with Crippen LogP contribution in [0.2, 0.25) is 0 Å². The Hall–Kier alpha value is -2.59. The minimum Gasteiger partial charge on any atom is -0.475 e. The van der Waals surface area contributed by atoms with Crippen molar-refractivity contribution in [3.8, 4) is 0 Å². The van der Waals surface area contributed by atoms with Gasteiger partial charge in [-0.05, 0) is 36.8 Å². The van der Waals surface area contributed by atoms with Crippen molar-refractivity contribution in [1.82, 2.24) is 13.9 Å². The van der Waals surface area contributed by atoms with Gasteiger partial charge in [0.25, 0.3) is 0 Å². The minimum atomic E-state index is -5.08. The Morgan fingerprint density at radius 1 is 1.00 bits per heavy atom. The van der Waals surface area contributed by atoms with E-state index in [0.29, 0.717) is 31.7 Å². The fourth-order valence-electron chi connectivity index (χ4n) is 3.21. The number of alkyl halides is 3. The summed E-state index contributed by atoms with van der Waals surface area (Å²) >= 11 is 0. The van der Waals surface area contributed by atoms with Crippen LogP contribution in [0, 0.1) is 12.7 Å². The van der Waals surface area contributed by atoms with Gasteiger partial charge in [-0.1, -0.05) is 29.8 Å². The third kappa shape index (κ3) is 9.34. The molecule has 0 spiro atoms. The second kappa shape index (κ2) is 12.8. The number of carbonyl (C=O) groups is 1. The molecule has 0 saturated carbocycles. The molecule has 0 unspecified atom stereocenters. The minimum absolute atomic E-state index is 0.0481. The molecule has 2 aromatic carbocycles. The number of hydrogen-bond donors (Lipinski definition) is 2. The third-order valence-corrected chi connectivity index (χ3v) is 8.95. The molecule has 2 aromatic rings. The maximum absolute atomic E-state index is 13.2. The van der Waals surface area contributed by atoms with E-state index in [1.807, 2.05) is 6.92 Å². The van der Waals surface area contributed by atoms with Gasteiger partial charge in [-0.25, -0.2) is 26.0 Å². The summed E-state index contributed by atoms with van der Waals surface area (Å²) in [5, 5.41) is 10.2. The second-order valence-electron chi connectivity index (χ2n) is 8.05. The summed E-state index contributed by atoms with van der Waals surface area (Å²) in [7, 11) is -7.53. The van der Waals surface area contributed by atoms with Crippen LogP contribution in [0.15, 0.2) is 53.4 Å². The van der Waals surface area contributed by atoms with E-state index >= 15 is 0 Å². The lowest BCUT2D eigenvalue weighted by atomic mass is 10.2. The van der Waals surface area contributed by atoms with Crippen LogP contribution in [-0.2, 0) is 31.4 Å². The number of sulfonamides is 2. The zero-order chi connectivity index (χ0) is 27.9. The van der Waals surface area contributed by atoms with Crippen molar-refractivity contribution in [3.63, 3.8) is 0 Å². The van der Waals surface area contributed by atoms with Gasteiger partial charge < -0.3 is 10.4 Å². The monoisotopic (exact) mass is 569 g/mol. The summed E-state index contributed by atoms with van der Waals surface area (Å²) < 4.78 is 99.4. The van der Waals surface area contributed by atoms with Crippen molar-refractivity contribution in [2.75, 3.05) is 38.5 Å². The average Bonchev–Trinajstić information content (AvgIpc) is 2.83. The van der Waals surface area contributed by atoms with Crippen LogP contribution in [-0.4, -0.2) is 81.2 Å². The van der Waals surface area contributed by atoms with Crippen molar-refractivity contribution in [1.29, 1.82) is 0 Å². The number of nitrogens with one attached hydrogen (secondary N) is 1. The fraction of sp³-hybridized carbons (Fsp3) is 0.409. The molecule has 0 aromatic heterocycles. The molecule has 37 heavy (non-hydrogen) atoms. The lowest BCUT2D eigenvalue weighted by Gasteiger charge is -2.28. The molecule has 3 rings (SSSR count). The lowest BCUT2D eigenvalue weighted by Crippen LogP contribution is -2.48. The predicted molar refractivity (Wildman–Crippen MR) is 127 cm³/mol. The molecular formula is C22H27F4N3O6S2. The Balaban J connectivity index is 0.000000604. The van der Waals surface area contributed by atoms with Crippen molar-refractivity contribution in [2.45, 2.75) is 24.5 Å². The molecule has 0 amide bonds. The number of aryl methyl sites for hydroxylation is 1. The second-order valence-corrected chi connectivity index (χ2v) is 12.1. The van der Waals surface area contributed by atoms with Gasteiger partial charge in [0.15, 0.2) is 0 Å². The van der Waals surface area contributed by atoms with E-state index < -0.39 is 38.0 Å². The number of aliphatic carboxylic acids is 1. The molecule has 15 heteroatoms. The number of nitrogens with zero attached hydrogens (tertiary/aromatic N) is 2. The van der Waals surface area contributed by atoms with Gasteiger partial charge >= 0.3 is 12.1 Å². The first-order valence-electron chi connectivity index (χ1n) is 10.9. The van der Waals surface area contributed by atoms with E-state index in [1.165, 1.54) is 40.7 Å². The number of benzene rings is 2. The number of piperazine rings is 1. The maximum atomic E-state index is 13.2. The van der Waals surface area contributed by atoms with Gasteiger partial charge in [-0.2, -0.15) is 21.8 Å². The van der Waals surface area contributed by atoms with Gasteiger partial charge in [0.05, 0.1) is 10.6 Å². The highest BCUT2D eigenvalue weighted by Gasteiger charge is 2.38. The molecule has 9 nitrogen and oxygen atoms in total. The number of halogens is 4. The molecule has 206 valence electrons. The fourth-order valence-corrected chi connectivity index (χ4v) is 6.20. The third-order valence-electron chi connectivity index (χ3n) is 5.24. The SMILES string of the molecule is Cc1ccc(S(=O)(=O)N(CCS(=O)(=O)N2CCNCC2)Cc2ccc(F)cc2)cc1.O=C(O)C(F)(F)F. The first kappa shape index (κ1) is 30.6. The molecule has 1 heterocycles. The number of rotatable bonds is 8. The van der Waals surface area contributed by atoms with Crippen molar-refractivity contribution >= 4 is 26.0 Å². The molecule has 0 atom stereocenters. The van der Waals surface area contributed by atoms with E-state index in [4.69, 9.17) is 9.90 Å². The van der Waals surface area contributed by atoms with E-state index in [9.17, 15) is 34.4 Å². The number of hydrogen-bond acceptors (Lipinski definition) is 6. The van der Waals surface area contributed by atoms with E-state index in [1.54, 1.807) is 12.1 Å². The maximum Gasteiger partial charge on any atom is 0.490 e. The van der Waals surface area contributed by atoms with Gasteiger partial charge in [0.1, 0.15) is 5.82 Å². The molecule has 1 aliphatic heterocycles. The van der Waals surface area contributed by atoms with Crippen molar-refractivity contribution < 1.29 is 44.3 Å². The van der Waals surface area contributed by atoms with Crippen LogP contribution in [0.3, 0.4) is 0 Å². The highest BCUT2D eigenvalue weighted by Crippen LogP contribution is 2.20. The summed E-state index contributed by atoms with van der Waals surface area (Å²) in [5.41, 5.74) is 1.49. The molecule has 1 aliphatic rings. The largest absolute Gasteiger partial charge is 0.490 e. The van der Waals surface area contributed by atoms with Crippen LogP contribution in [0.4, 0.5) is 17.6 Å². The van der Waals surface area contributed by atoms with E-state index in [0.717, 1.165) is 9.87 Å². The predicted octanol–water partition coefficient (Wildman–Crippen LogP) is 2.19. The zero-order valence-corrected chi connectivity index (χ0v) is 21.4. The topological polar surface area (TPSA) is 124 Å². The highest BCUT2D eigenvalue weighted by atomic mass is 32.2. The standard InChI is InChI=1S/C20H26FN3O4S2.C2HF3O2/c1-17-2-8-20(9-3-17)30(27,28)24(16-18-4-6-19(21)7-5-18)14-15-29(25,26)23-12-10-22-11-13-23;3-2(4,5)1(6)7/h2-9,22H,10-16H2,1H3;(H,6,7). The van der Waals surface area contributed by atoms with Gasteiger partial charge in [-0.3, -0.25) is 0 Å². The van der Waals surface area contributed by atoms with Crippen molar-refractivity contribution in [2.24, 2.45) is 0 Å². The number of carboxylic acid groups (broad SMARTS) is 1. The summed E-state index contributed by atoms with van der Waals surface area (Å²) in [6.07, 6.45) is -5.08. The Labute approximate surface area is 212 Å². The molecular weight excluding hydrogens is 542 g/mol. The molecule has 1 fully saturated rings. The molecule has 0 aliphatic carbocycles. The Morgan fingerprint density at radius 2 is 1.51 bits per heavy atom.